The smallest absolute Gasteiger partial charge is 0.337 e. The number of pyridine rings is 1. The predicted molar refractivity (Wildman–Crippen MR) is 108 cm³/mol. The Morgan fingerprint density at radius 3 is 2.68 bits per heavy atom. The molecule has 4 aromatic rings. The fourth-order valence-corrected chi connectivity index (χ4v) is 3.82. The lowest BCUT2D eigenvalue weighted by Crippen LogP contribution is -2.16. The third-order valence-electron chi connectivity index (χ3n) is 4.34. The van der Waals surface area contributed by atoms with Crippen LogP contribution < -0.4 is 5.32 Å². The Labute approximate surface area is 164 Å². The zero-order valence-corrected chi connectivity index (χ0v) is 15.7. The van der Waals surface area contributed by atoms with Crippen molar-refractivity contribution in [1.82, 2.24) is 14.6 Å². The van der Waals surface area contributed by atoms with E-state index < -0.39 is 5.97 Å². The molecule has 7 nitrogen and oxygen atoms in total. The minimum absolute atomic E-state index is 0.0512. The van der Waals surface area contributed by atoms with Crippen molar-refractivity contribution in [2.75, 3.05) is 11.1 Å². The van der Waals surface area contributed by atoms with Gasteiger partial charge in [0, 0.05) is 5.39 Å². The first kappa shape index (κ1) is 18.0. The van der Waals surface area contributed by atoms with Gasteiger partial charge < -0.3 is 10.4 Å². The summed E-state index contributed by atoms with van der Waals surface area (Å²) in [6, 6.07) is 16.2. The van der Waals surface area contributed by atoms with E-state index in [4.69, 9.17) is 0 Å². The van der Waals surface area contributed by atoms with Gasteiger partial charge in [-0.05, 0) is 36.8 Å². The number of carbonyl (C=O) groups excluding carboxylic acids is 1. The number of aryl methyl sites for hydroxylation is 1. The molecule has 140 valence electrons. The van der Waals surface area contributed by atoms with E-state index in [1.54, 1.807) is 18.2 Å². The van der Waals surface area contributed by atoms with Crippen LogP contribution in [-0.4, -0.2) is 37.3 Å². The monoisotopic (exact) mass is 392 g/mol. The second-order valence-electron chi connectivity index (χ2n) is 6.21. The molecule has 0 aliphatic rings. The number of aromatic carboxylic acids is 1. The molecule has 8 heteroatoms. The van der Waals surface area contributed by atoms with Gasteiger partial charge >= 0.3 is 5.97 Å². The highest BCUT2D eigenvalue weighted by molar-refractivity contribution is 7.99. The van der Waals surface area contributed by atoms with Gasteiger partial charge in [-0.2, -0.15) is 0 Å². The van der Waals surface area contributed by atoms with Gasteiger partial charge in [0.2, 0.25) is 5.91 Å². The molecule has 4 rings (SSSR count). The van der Waals surface area contributed by atoms with Crippen LogP contribution in [0, 0.1) is 6.92 Å². The zero-order valence-electron chi connectivity index (χ0n) is 14.9. The summed E-state index contributed by atoms with van der Waals surface area (Å²) in [5.74, 6) is -1.32. The van der Waals surface area contributed by atoms with Gasteiger partial charge in [-0.1, -0.05) is 42.1 Å². The van der Waals surface area contributed by atoms with Crippen LogP contribution in [0.5, 0.6) is 0 Å². The summed E-state index contributed by atoms with van der Waals surface area (Å²) in [7, 11) is 0. The van der Waals surface area contributed by atoms with Gasteiger partial charge in [0.1, 0.15) is 0 Å². The molecule has 0 saturated carbocycles. The second-order valence-corrected chi connectivity index (χ2v) is 7.15. The molecule has 0 radical (unpaired) electrons. The SMILES string of the molecule is Cc1cc2nnc(SCC(=O)Nc3ccccc3C(=O)O)n2c2ccccc12. The summed E-state index contributed by atoms with van der Waals surface area (Å²) < 4.78 is 1.92. The minimum Gasteiger partial charge on any atom is -0.478 e. The second kappa shape index (κ2) is 7.32. The number of rotatable bonds is 5. The third-order valence-corrected chi connectivity index (χ3v) is 5.27. The first-order valence-electron chi connectivity index (χ1n) is 8.53. The highest BCUT2D eigenvalue weighted by Crippen LogP contribution is 2.26. The normalized spacial score (nSPS) is 11.0. The molecule has 0 fully saturated rings. The number of para-hydroxylation sites is 2. The lowest BCUT2D eigenvalue weighted by molar-refractivity contribution is -0.113. The highest BCUT2D eigenvalue weighted by Gasteiger charge is 2.15. The van der Waals surface area contributed by atoms with Crippen molar-refractivity contribution in [3.05, 3.63) is 65.7 Å². The molecule has 0 aliphatic carbocycles. The van der Waals surface area contributed by atoms with Gasteiger partial charge in [0.15, 0.2) is 10.8 Å². The van der Waals surface area contributed by atoms with E-state index in [-0.39, 0.29) is 22.9 Å². The van der Waals surface area contributed by atoms with Crippen molar-refractivity contribution in [2.24, 2.45) is 0 Å². The van der Waals surface area contributed by atoms with Crippen molar-refractivity contribution in [2.45, 2.75) is 12.1 Å². The predicted octanol–water partition coefficient (Wildman–Crippen LogP) is 3.62. The van der Waals surface area contributed by atoms with Crippen LogP contribution in [-0.2, 0) is 4.79 Å². The number of hydrogen-bond donors (Lipinski definition) is 2. The number of aromatic nitrogens is 3. The molecule has 1 amide bonds. The maximum atomic E-state index is 12.4. The molecule has 0 aliphatic heterocycles. The number of thioether (sulfide) groups is 1. The standard InChI is InChI=1S/C20H16N4O3S/c1-12-10-17-22-23-20(24(17)16-9-5-3-6-13(12)16)28-11-18(25)21-15-8-4-2-7-14(15)19(26)27/h2-10H,11H2,1H3,(H,21,25)(H,26,27). The molecule has 0 unspecified atom stereocenters. The zero-order chi connectivity index (χ0) is 19.7. The fourth-order valence-electron chi connectivity index (χ4n) is 3.06. The molecule has 28 heavy (non-hydrogen) atoms. The first-order chi connectivity index (χ1) is 13.5. The third kappa shape index (κ3) is 3.29. The Morgan fingerprint density at radius 2 is 1.86 bits per heavy atom. The van der Waals surface area contributed by atoms with E-state index >= 15 is 0 Å². The molecule has 2 heterocycles. The topological polar surface area (TPSA) is 96.6 Å². The molecular weight excluding hydrogens is 376 g/mol. The number of carbonyl (C=O) groups is 2. The van der Waals surface area contributed by atoms with Crippen molar-refractivity contribution in [1.29, 1.82) is 0 Å². The number of nitrogens with one attached hydrogen (secondary N) is 1. The first-order valence-corrected chi connectivity index (χ1v) is 9.51. The van der Waals surface area contributed by atoms with Crippen molar-refractivity contribution in [3.8, 4) is 0 Å². The highest BCUT2D eigenvalue weighted by atomic mass is 32.2. The summed E-state index contributed by atoms with van der Waals surface area (Å²) in [4.78, 5) is 23.6. The largest absolute Gasteiger partial charge is 0.478 e. The molecule has 2 N–H and O–H groups in total. The van der Waals surface area contributed by atoms with Crippen LogP contribution in [0.3, 0.4) is 0 Å². The van der Waals surface area contributed by atoms with Crippen molar-refractivity contribution >= 4 is 45.9 Å². The summed E-state index contributed by atoms with van der Waals surface area (Å²) >= 11 is 1.25. The van der Waals surface area contributed by atoms with E-state index in [0.29, 0.717) is 5.16 Å². The lowest BCUT2D eigenvalue weighted by Gasteiger charge is -2.09. The molecule has 0 atom stereocenters. The van der Waals surface area contributed by atoms with Gasteiger partial charge in [0.05, 0.1) is 22.5 Å². The Hall–Kier alpha value is -3.39. The van der Waals surface area contributed by atoms with Gasteiger partial charge in [-0.15, -0.1) is 10.2 Å². The van der Waals surface area contributed by atoms with Crippen LogP contribution in [0.25, 0.3) is 16.6 Å². The minimum atomic E-state index is -1.09. The Bertz CT molecular complexity index is 1220. The Kier molecular flexibility index (Phi) is 4.70. The fraction of sp³-hybridized carbons (Fsp3) is 0.100. The van der Waals surface area contributed by atoms with Gasteiger partial charge in [-0.3, -0.25) is 9.20 Å². The Morgan fingerprint density at radius 1 is 1.11 bits per heavy atom. The summed E-state index contributed by atoms with van der Waals surface area (Å²) in [5, 5.41) is 22.0. The number of amides is 1. The number of carboxylic acid groups (broad SMARTS) is 1. The maximum Gasteiger partial charge on any atom is 0.337 e. The van der Waals surface area contributed by atoms with Crippen LogP contribution in [0.4, 0.5) is 5.69 Å². The van der Waals surface area contributed by atoms with E-state index in [2.05, 4.69) is 15.5 Å². The van der Waals surface area contributed by atoms with Crippen molar-refractivity contribution in [3.63, 3.8) is 0 Å². The molecule has 0 bridgehead atoms. The summed E-state index contributed by atoms with van der Waals surface area (Å²) in [6.45, 7) is 2.02. The van der Waals surface area contributed by atoms with E-state index in [1.807, 2.05) is 41.7 Å². The number of fused-ring (bicyclic) bond motifs is 3. The number of carboxylic acids is 1. The number of anilines is 1. The number of benzene rings is 2. The van der Waals surface area contributed by atoms with Crippen LogP contribution in [0.2, 0.25) is 0 Å². The van der Waals surface area contributed by atoms with E-state index in [1.165, 1.54) is 17.8 Å². The molecule has 0 spiro atoms. The average molecular weight is 392 g/mol. The van der Waals surface area contributed by atoms with Crippen LogP contribution in [0.1, 0.15) is 15.9 Å². The van der Waals surface area contributed by atoms with Gasteiger partial charge in [-0.25, -0.2) is 4.79 Å². The summed E-state index contributed by atoms with van der Waals surface area (Å²) in [5.41, 5.74) is 3.12. The van der Waals surface area contributed by atoms with E-state index in [0.717, 1.165) is 22.1 Å². The summed E-state index contributed by atoms with van der Waals surface area (Å²) in [6.07, 6.45) is 0. The van der Waals surface area contributed by atoms with Crippen LogP contribution in [0.15, 0.2) is 59.8 Å². The molecular formula is C20H16N4O3S. The Balaban J connectivity index is 1.58. The lowest BCUT2D eigenvalue weighted by atomic mass is 10.1. The van der Waals surface area contributed by atoms with Crippen LogP contribution >= 0.6 is 11.8 Å². The van der Waals surface area contributed by atoms with Crippen molar-refractivity contribution < 1.29 is 14.7 Å². The molecule has 2 aromatic heterocycles. The molecule has 2 aromatic carbocycles. The van der Waals surface area contributed by atoms with E-state index in [9.17, 15) is 14.7 Å². The number of nitrogens with zero attached hydrogens (tertiary/aromatic N) is 3. The number of hydrogen-bond acceptors (Lipinski definition) is 5. The maximum absolute atomic E-state index is 12.4. The quantitative estimate of drug-likeness (QED) is 0.504. The average Bonchev–Trinajstić information content (AvgIpc) is 3.10. The van der Waals surface area contributed by atoms with Gasteiger partial charge in [0.25, 0.3) is 0 Å². The molecule has 0 saturated heterocycles.